The molecule has 0 unspecified atom stereocenters. The number of likely N-dealkylation sites (N-methyl/N-ethyl adjacent to an activating group) is 1. The number of fused-ring (bicyclic) bond motifs is 1. The second kappa shape index (κ2) is 8.38. The Labute approximate surface area is 153 Å². The molecule has 6 heteroatoms. The molecule has 2 heterocycles. The normalized spacial score (nSPS) is 12.8. The molecule has 0 N–H and O–H groups in total. The molecule has 136 valence electrons. The van der Waals surface area contributed by atoms with Crippen LogP contribution in [0.5, 0.6) is 17.2 Å². The number of carbonyl (C=O) groups excluding carboxylic acids is 1. The Bertz CT molecular complexity index is 773. The zero-order valence-corrected chi connectivity index (χ0v) is 15.0. The van der Waals surface area contributed by atoms with Gasteiger partial charge in [-0.2, -0.15) is 0 Å². The molecule has 2 aromatic rings. The van der Waals surface area contributed by atoms with Crippen molar-refractivity contribution < 1.29 is 19.0 Å². The van der Waals surface area contributed by atoms with E-state index in [0.29, 0.717) is 43.6 Å². The second-order valence-corrected chi connectivity index (χ2v) is 5.79. The first-order valence-electron chi connectivity index (χ1n) is 8.54. The highest BCUT2D eigenvalue weighted by molar-refractivity contribution is 5.92. The van der Waals surface area contributed by atoms with Crippen molar-refractivity contribution in [2.24, 2.45) is 0 Å². The molecule has 0 saturated heterocycles. The van der Waals surface area contributed by atoms with Crippen LogP contribution in [0, 0.1) is 0 Å². The molecule has 0 fully saturated rings. The van der Waals surface area contributed by atoms with Gasteiger partial charge in [0.15, 0.2) is 11.5 Å². The number of methoxy groups -OCH3 is 1. The van der Waals surface area contributed by atoms with Gasteiger partial charge in [-0.1, -0.05) is 0 Å². The number of aromatic nitrogens is 1. The Hall–Kier alpha value is -3.02. The van der Waals surface area contributed by atoms with Gasteiger partial charge in [-0.3, -0.25) is 9.78 Å². The fourth-order valence-corrected chi connectivity index (χ4v) is 2.72. The van der Waals surface area contributed by atoms with Gasteiger partial charge in [0, 0.05) is 31.6 Å². The van der Waals surface area contributed by atoms with Crippen LogP contribution in [0.3, 0.4) is 0 Å². The fourth-order valence-electron chi connectivity index (χ4n) is 2.72. The largest absolute Gasteiger partial charge is 0.493 e. The van der Waals surface area contributed by atoms with Gasteiger partial charge in [-0.05, 0) is 48.4 Å². The van der Waals surface area contributed by atoms with E-state index < -0.39 is 0 Å². The highest BCUT2D eigenvalue weighted by Gasteiger charge is 2.18. The molecular formula is C20H22N2O4. The predicted molar refractivity (Wildman–Crippen MR) is 98.3 cm³/mol. The highest BCUT2D eigenvalue weighted by Crippen LogP contribution is 2.40. The number of rotatable bonds is 6. The Kier molecular flexibility index (Phi) is 5.73. The van der Waals surface area contributed by atoms with Crippen LogP contribution in [0.1, 0.15) is 18.1 Å². The van der Waals surface area contributed by atoms with Crippen molar-refractivity contribution in [3.8, 4) is 17.2 Å². The lowest BCUT2D eigenvalue weighted by Gasteiger charge is -2.21. The van der Waals surface area contributed by atoms with Crippen LogP contribution in [-0.4, -0.2) is 42.7 Å². The summed E-state index contributed by atoms with van der Waals surface area (Å²) in [4.78, 5) is 18.3. The minimum absolute atomic E-state index is 0.0573. The van der Waals surface area contributed by atoms with E-state index in [9.17, 15) is 4.79 Å². The first kappa shape index (κ1) is 17.8. The Morgan fingerprint density at radius 1 is 1.27 bits per heavy atom. The molecule has 0 spiro atoms. The minimum Gasteiger partial charge on any atom is -0.493 e. The van der Waals surface area contributed by atoms with Gasteiger partial charge in [-0.15, -0.1) is 0 Å². The van der Waals surface area contributed by atoms with Gasteiger partial charge in [0.2, 0.25) is 11.7 Å². The summed E-state index contributed by atoms with van der Waals surface area (Å²) in [5.41, 5.74) is 1.86. The maximum absolute atomic E-state index is 12.5. The summed E-state index contributed by atoms with van der Waals surface area (Å²) in [5, 5.41) is 0. The lowest BCUT2D eigenvalue weighted by molar-refractivity contribution is -0.126. The zero-order chi connectivity index (χ0) is 18.4. The average molecular weight is 354 g/mol. The molecule has 0 aliphatic carbocycles. The van der Waals surface area contributed by atoms with Gasteiger partial charge in [-0.25, -0.2) is 0 Å². The van der Waals surface area contributed by atoms with E-state index in [2.05, 4.69) is 4.98 Å². The van der Waals surface area contributed by atoms with E-state index in [0.717, 1.165) is 11.1 Å². The van der Waals surface area contributed by atoms with E-state index in [1.54, 1.807) is 36.6 Å². The Morgan fingerprint density at radius 2 is 2.04 bits per heavy atom. The maximum Gasteiger partial charge on any atom is 0.246 e. The summed E-state index contributed by atoms with van der Waals surface area (Å²) in [7, 11) is 1.58. The number of nitrogens with zero attached hydrogens (tertiary/aromatic N) is 2. The first-order valence-corrected chi connectivity index (χ1v) is 8.54. The fraction of sp³-hybridized carbons (Fsp3) is 0.300. The van der Waals surface area contributed by atoms with Crippen LogP contribution in [0.25, 0.3) is 6.08 Å². The van der Waals surface area contributed by atoms with Crippen molar-refractivity contribution in [1.82, 2.24) is 9.88 Å². The highest BCUT2D eigenvalue weighted by atomic mass is 16.6. The summed E-state index contributed by atoms with van der Waals surface area (Å²) in [6.07, 6.45) is 6.78. The molecule has 1 aliphatic rings. The molecule has 26 heavy (non-hydrogen) atoms. The van der Waals surface area contributed by atoms with Crippen LogP contribution in [-0.2, 0) is 11.3 Å². The quantitative estimate of drug-likeness (QED) is 0.747. The van der Waals surface area contributed by atoms with E-state index in [-0.39, 0.29) is 5.91 Å². The average Bonchev–Trinajstić information content (AvgIpc) is 2.70. The first-order chi connectivity index (χ1) is 12.7. The van der Waals surface area contributed by atoms with Gasteiger partial charge in [0.25, 0.3) is 0 Å². The number of carbonyl (C=O) groups is 1. The topological polar surface area (TPSA) is 60.9 Å². The van der Waals surface area contributed by atoms with Crippen molar-refractivity contribution in [3.63, 3.8) is 0 Å². The SMILES string of the molecule is CCN(Cc1ccncc1)C(=O)/C=C\c1cc(OC)c2c(c1)OCCO2. The second-order valence-electron chi connectivity index (χ2n) is 5.79. The number of hydrogen-bond acceptors (Lipinski definition) is 5. The van der Waals surface area contributed by atoms with E-state index in [1.165, 1.54) is 0 Å². The summed E-state index contributed by atoms with van der Waals surface area (Å²) in [6, 6.07) is 7.49. The van der Waals surface area contributed by atoms with Crippen molar-refractivity contribution in [2.75, 3.05) is 26.9 Å². The van der Waals surface area contributed by atoms with Crippen LogP contribution in [0.4, 0.5) is 0 Å². The van der Waals surface area contributed by atoms with Crippen molar-refractivity contribution in [2.45, 2.75) is 13.5 Å². The molecule has 1 amide bonds. The monoisotopic (exact) mass is 354 g/mol. The standard InChI is InChI=1S/C20H22N2O4/c1-3-22(14-15-6-8-21-9-7-15)19(23)5-4-16-12-17(24-2)20-18(13-16)25-10-11-26-20/h4-9,12-13H,3,10-11,14H2,1-2H3/b5-4-. The van der Waals surface area contributed by atoms with Crippen LogP contribution < -0.4 is 14.2 Å². The van der Waals surface area contributed by atoms with E-state index in [4.69, 9.17) is 14.2 Å². The number of ether oxygens (including phenoxy) is 3. The third kappa shape index (κ3) is 4.14. The van der Waals surface area contributed by atoms with Crippen LogP contribution in [0.2, 0.25) is 0 Å². The van der Waals surface area contributed by atoms with Gasteiger partial charge < -0.3 is 19.1 Å². The number of benzene rings is 1. The van der Waals surface area contributed by atoms with Crippen LogP contribution >= 0.6 is 0 Å². The third-order valence-corrected chi connectivity index (χ3v) is 4.08. The number of amides is 1. The molecule has 6 nitrogen and oxygen atoms in total. The summed E-state index contributed by atoms with van der Waals surface area (Å²) in [6.45, 7) is 4.12. The van der Waals surface area contributed by atoms with Gasteiger partial charge in [0.1, 0.15) is 13.2 Å². The summed E-state index contributed by atoms with van der Waals surface area (Å²) in [5.74, 6) is 1.78. The molecule has 1 aromatic carbocycles. The summed E-state index contributed by atoms with van der Waals surface area (Å²) < 4.78 is 16.6. The molecule has 1 aliphatic heterocycles. The summed E-state index contributed by atoms with van der Waals surface area (Å²) >= 11 is 0. The van der Waals surface area contributed by atoms with E-state index in [1.807, 2.05) is 31.2 Å². The minimum atomic E-state index is -0.0573. The van der Waals surface area contributed by atoms with Crippen molar-refractivity contribution in [3.05, 3.63) is 53.9 Å². The Morgan fingerprint density at radius 3 is 2.77 bits per heavy atom. The molecule has 0 radical (unpaired) electrons. The predicted octanol–water partition coefficient (Wildman–Crippen LogP) is 2.92. The van der Waals surface area contributed by atoms with Crippen molar-refractivity contribution >= 4 is 12.0 Å². The molecule has 1 aromatic heterocycles. The maximum atomic E-state index is 12.5. The lowest BCUT2D eigenvalue weighted by atomic mass is 10.1. The zero-order valence-electron chi connectivity index (χ0n) is 15.0. The van der Waals surface area contributed by atoms with Gasteiger partial charge in [0.05, 0.1) is 7.11 Å². The smallest absolute Gasteiger partial charge is 0.246 e. The Balaban J connectivity index is 1.74. The third-order valence-electron chi connectivity index (χ3n) is 4.08. The van der Waals surface area contributed by atoms with E-state index >= 15 is 0 Å². The number of hydrogen-bond donors (Lipinski definition) is 0. The molecular weight excluding hydrogens is 332 g/mol. The van der Waals surface area contributed by atoms with Gasteiger partial charge >= 0.3 is 0 Å². The molecule has 3 rings (SSSR count). The van der Waals surface area contributed by atoms with Crippen molar-refractivity contribution in [1.29, 1.82) is 0 Å². The number of pyridine rings is 1. The molecule has 0 atom stereocenters. The van der Waals surface area contributed by atoms with Crippen LogP contribution in [0.15, 0.2) is 42.7 Å². The molecule has 0 bridgehead atoms. The lowest BCUT2D eigenvalue weighted by Crippen LogP contribution is -2.28. The molecule has 0 saturated carbocycles.